The molecule has 0 bridgehead atoms. The minimum Gasteiger partial charge on any atom is -0.311 e. The van der Waals surface area contributed by atoms with E-state index >= 15 is 0 Å². The zero-order valence-electron chi connectivity index (χ0n) is 11.4. The normalized spacial score (nSPS) is 19.8. The average Bonchev–Trinajstić information content (AvgIpc) is 2.79. The van der Waals surface area contributed by atoms with E-state index in [0.29, 0.717) is 0 Å². The molecule has 1 fully saturated rings. The first-order valence-corrected chi connectivity index (χ1v) is 6.81. The predicted octanol–water partition coefficient (Wildman–Crippen LogP) is 2.90. The second-order valence-electron chi connectivity index (χ2n) is 4.39. The number of likely N-dealkylation sites (tertiary alicyclic amines) is 1. The van der Waals surface area contributed by atoms with Crippen molar-refractivity contribution in [3.63, 3.8) is 0 Å². The Kier molecular flexibility index (Phi) is 6.90. The van der Waals surface area contributed by atoms with Gasteiger partial charge in [0.1, 0.15) is 0 Å². The Bertz CT molecular complexity index is 284. The third-order valence-corrected chi connectivity index (χ3v) is 3.22. The van der Waals surface area contributed by atoms with Crippen molar-refractivity contribution in [3.05, 3.63) is 35.9 Å². The number of benzene rings is 1. The molecule has 0 aliphatic carbocycles. The summed E-state index contributed by atoms with van der Waals surface area (Å²) < 4.78 is 0. The molecule has 0 radical (unpaired) electrons. The highest BCUT2D eigenvalue weighted by Gasteiger charge is 2.19. The molecule has 2 heteroatoms. The van der Waals surface area contributed by atoms with E-state index in [2.05, 4.69) is 47.6 Å². The minimum absolute atomic E-state index is 0.744. The van der Waals surface area contributed by atoms with Gasteiger partial charge >= 0.3 is 0 Å². The molecule has 1 aliphatic rings. The Morgan fingerprint density at radius 2 is 1.94 bits per heavy atom. The molecule has 1 saturated heterocycles. The van der Waals surface area contributed by atoms with Crippen LogP contribution in [0, 0.1) is 0 Å². The van der Waals surface area contributed by atoms with Gasteiger partial charge in [-0.2, -0.15) is 0 Å². The first kappa shape index (κ1) is 14.2. The van der Waals surface area contributed by atoms with Crippen LogP contribution in [0.3, 0.4) is 0 Å². The van der Waals surface area contributed by atoms with Crippen LogP contribution in [0.15, 0.2) is 30.3 Å². The SMILES string of the molecule is CC.CN1CCCC1CNCc1ccccc1. The maximum Gasteiger partial charge on any atom is 0.0218 e. The van der Waals surface area contributed by atoms with E-state index in [9.17, 15) is 0 Å². The smallest absolute Gasteiger partial charge is 0.0218 e. The monoisotopic (exact) mass is 234 g/mol. The summed E-state index contributed by atoms with van der Waals surface area (Å²) in [7, 11) is 2.22. The molecular weight excluding hydrogens is 208 g/mol. The van der Waals surface area contributed by atoms with E-state index in [1.165, 1.54) is 24.9 Å². The summed E-state index contributed by atoms with van der Waals surface area (Å²) in [6.07, 6.45) is 2.70. The highest BCUT2D eigenvalue weighted by atomic mass is 15.2. The number of hydrogen-bond donors (Lipinski definition) is 1. The highest BCUT2D eigenvalue weighted by Crippen LogP contribution is 2.13. The molecule has 0 aromatic heterocycles. The number of hydrogen-bond acceptors (Lipinski definition) is 2. The minimum atomic E-state index is 0.744. The van der Waals surface area contributed by atoms with Crippen molar-refractivity contribution in [3.8, 4) is 0 Å². The molecule has 0 spiro atoms. The van der Waals surface area contributed by atoms with Crippen LogP contribution in [0.25, 0.3) is 0 Å². The fourth-order valence-electron chi connectivity index (χ4n) is 2.22. The first-order chi connectivity index (χ1) is 8.36. The Morgan fingerprint density at radius 3 is 2.53 bits per heavy atom. The predicted molar refractivity (Wildman–Crippen MR) is 75.1 cm³/mol. The molecule has 1 unspecified atom stereocenters. The second-order valence-corrected chi connectivity index (χ2v) is 4.39. The third-order valence-electron chi connectivity index (χ3n) is 3.22. The lowest BCUT2D eigenvalue weighted by Gasteiger charge is -2.19. The fourth-order valence-corrected chi connectivity index (χ4v) is 2.22. The summed E-state index contributed by atoms with van der Waals surface area (Å²) in [4.78, 5) is 2.46. The Morgan fingerprint density at radius 1 is 1.24 bits per heavy atom. The molecule has 2 rings (SSSR count). The van der Waals surface area contributed by atoms with E-state index in [1.54, 1.807) is 0 Å². The third kappa shape index (κ3) is 4.88. The lowest BCUT2D eigenvalue weighted by molar-refractivity contribution is 0.300. The molecule has 96 valence electrons. The van der Waals surface area contributed by atoms with Gasteiger partial charge in [0.2, 0.25) is 0 Å². The van der Waals surface area contributed by atoms with Gasteiger partial charge in [-0.3, -0.25) is 0 Å². The summed E-state index contributed by atoms with van der Waals surface area (Å²) in [5.41, 5.74) is 1.37. The molecule has 17 heavy (non-hydrogen) atoms. The van der Waals surface area contributed by atoms with Crippen molar-refractivity contribution in [2.45, 2.75) is 39.3 Å². The molecule has 0 saturated carbocycles. The van der Waals surface area contributed by atoms with E-state index in [4.69, 9.17) is 0 Å². The van der Waals surface area contributed by atoms with Crippen molar-refractivity contribution < 1.29 is 0 Å². The molecule has 1 aliphatic heterocycles. The Balaban J connectivity index is 0.000000686. The van der Waals surface area contributed by atoms with Gasteiger partial charge in [0.25, 0.3) is 0 Å². The van der Waals surface area contributed by atoms with Crippen LogP contribution in [-0.2, 0) is 6.54 Å². The van der Waals surface area contributed by atoms with Crippen LogP contribution in [0.2, 0.25) is 0 Å². The fraction of sp³-hybridized carbons (Fsp3) is 0.600. The molecule has 1 N–H and O–H groups in total. The van der Waals surface area contributed by atoms with Crippen molar-refractivity contribution in [2.24, 2.45) is 0 Å². The van der Waals surface area contributed by atoms with Gasteiger partial charge < -0.3 is 10.2 Å². The largest absolute Gasteiger partial charge is 0.311 e. The molecule has 1 heterocycles. The summed E-state index contributed by atoms with van der Waals surface area (Å²) in [6, 6.07) is 11.3. The van der Waals surface area contributed by atoms with Gasteiger partial charge in [0, 0.05) is 19.1 Å². The van der Waals surface area contributed by atoms with E-state index in [1.807, 2.05) is 13.8 Å². The summed E-state index contributed by atoms with van der Waals surface area (Å²) in [6.45, 7) is 7.37. The maximum absolute atomic E-state index is 3.53. The summed E-state index contributed by atoms with van der Waals surface area (Å²) in [5.74, 6) is 0. The molecular formula is C15H26N2. The average molecular weight is 234 g/mol. The lowest BCUT2D eigenvalue weighted by atomic mass is 10.2. The molecule has 2 nitrogen and oxygen atoms in total. The van der Waals surface area contributed by atoms with Gasteiger partial charge in [-0.25, -0.2) is 0 Å². The van der Waals surface area contributed by atoms with Crippen LogP contribution < -0.4 is 5.32 Å². The standard InChI is InChI=1S/C13H20N2.C2H6/c1-15-9-5-8-13(15)11-14-10-12-6-3-2-4-7-12;1-2/h2-4,6-7,13-14H,5,8-11H2,1H3;1-2H3. The number of rotatable bonds is 4. The van der Waals surface area contributed by atoms with Crippen LogP contribution >= 0.6 is 0 Å². The molecule has 1 atom stereocenters. The quantitative estimate of drug-likeness (QED) is 0.862. The summed E-state index contributed by atoms with van der Waals surface area (Å²) in [5, 5.41) is 3.53. The van der Waals surface area contributed by atoms with Crippen molar-refractivity contribution in [1.29, 1.82) is 0 Å². The first-order valence-electron chi connectivity index (χ1n) is 6.81. The second kappa shape index (κ2) is 8.26. The number of nitrogens with zero attached hydrogens (tertiary/aromatic N) is 1. The van der Waals surface area contributed by atoms with Crippen LogP contribution in [0.1, 0.15) is 32.3 Å². The van der Waals surface area contributed by atoms with E-state index < -0.39 is 0 Å². The summed E-state index contributed by atoms with van der Waals surface area (Å²) >= 11 is 0. The van der Waals surface area contributed by atoms with Gasteiger partial charge in [-0.1, -0.05) is 44.2 Å². The Hall–Kier alpha value is -0.860. The highest BCUT2D eigenvalue weighted by molar-refractivity contribution is 5.14. The zero-order valence-corrected chi connectivity index (χ0v) is 11.4. The van der Waals surface area contributed by atoms with Gasteiger partial charge in [0.15, 0.2) is 0 Å². The van der Waals surface area contributed by atoms with Crippen molar-refractivity contribution >= 4 is 0 Å². The number of nitrogens with one attached hydrogen (secondary N) is 1. The van der Waals surface area contributed by atoms with Crippen LogP contribution in [-0.4, -0.2) is 31.1 Å². The molecule has 1 aromatic rings. The topological polar surface area (TPSA) is 15.3 Å². The van der Waals surface area contributed by atoms with E-state index in [-0.39, 0.29) is 0 Å². The molecule has 1 aromatic carbocycles. The zero-order chi connectivity index (χ0) is 12.5. The van der Waals surface area contributed by atoms with Gasteiger partial charge in [-0.05, 0) is 32.0 Å². The van der Waals surface area contributed by atoms with Crippen LogP contribution in [0.4, 0.5) is 0 Å². The molecule has 0 amide bonds. The van der Waals surface area contributed by atoms with E-state index in [0.717, 1.165) is 19.1 Å². The van der Waals surface area contributed by atoms with Crippen LogP contribution in [0.5, 0.6) is 0 Å². The van der Waals surface area contributed by atoms with Gasteiger partial charge in [0.05, 0.1) is 0 Å². The number of likely N-dealkylation sites (N-methyl/N-ethyl adjacent to an activating group) is 1. The maximum atomic E-state index is 3.53. The van der Waals surface area contributed by atoms with Crippen molar-refractivity contribution in [1.82, 2.24) is 10.2 Å². The Labute approximate surface area is 106 Å². The lowest BCUT2D eigenvalue weighted by Crippen LogP contribution is -2.35. The van der Waals surface area contributed by atoms with Gasteiger partial charge in [-0.15, -0.1) is 0 Å². The van der Waals surface area contributed by atoms with Crippen molar-refractivity contribution in [2.75, 3.05) is 20.1 Å².